The minimum absolute atomic E-state index is 0.0713. The van der Waals surface area contributed by atoms with Crippen molar-refractivity contribution >= 4 is 48.0 Å². The third kappa shape index (κ3) is 9.32. The monoisotopic (exact) mass is 866 g/mol. The summed E-state index contributed by atoms with van der Waals surface area (Å²) in [6.45, 7) is 0.376. The number of nitrogens with zero attached hydrogens (tertiary/aromatic N) is 6. The minimum Gasteiger partial charge on any atom is -0.348 e. The number of benzene rings is 4. The summed E-state index contributed by atoms with van der Waals surface area (Å²) in [5.41, 5.74) is 0.877. The van der Waals surface area contributed by atoms with Crippen molar-refractivity contribution in [1.82, 2.24) is 39.8 Å². The van der Waals surface area contributed by atoms with Gasteiger partial charge in [0.1, 0.15) is 4.90 Å². The Labute approximate surface area is 346 Å². The molecular formula is C42H33F3N8O6S2. The topological polar surface area (TPSA) is 187 Å². The van der Waals surface area contributed by atoms with Crippen LogP contribution in [0.1, 0.15) is 37.5 Å². The summed E-state index contributed by atoms with van der Waals surface area (Å²) in [7, 11) is -6.97. The van der Waals surface area contributed by atoms with E-state index in [0.29, 0.717) is 39.9 Å². The van der Waals surface area contributed by atoms with E-state index in [0.717, 1.165) is 23.4 Å². The number of hydrogen-bond donors (Lipinski definition) is 2. The number of alkyl halides is 3. The van der Waals surface area contributed by atoms with Crippen molar-refractivity contribution in [2.75, 3.05) is 0 Å². The largest absolute Gasteiger partial charge is 0.434 e. The van der Waals surface area contributed by atoms with Crippen molar-refractivity contribution in [3.05, 3.63) is 174 Å². The molecule has 0 atom stereocenters. The van der Waals surface area contributed by atoms with Gasteiger partial charge < -0.3 is 10.6 Å². The van der Waals surface area contributed by atoms with Gasteiger partial charge in [-0.25, -0.2) is 26.8 Å². The predicted molar refractivity (Wildman–Crippen MR) is 216 cm³/mol. The Morgan fingerprint density at radius 1 is 0.656 bits per heavy atom. The van der Waals surface area contributed by atoms with Crippen LogP contribution < -0.4 is 10.6 Å². The summed E-state index contributed by atoms with van der Waals surface area (Å²) in [6, 6.07) is 27.3. The summed E-state index contributed by atoms with van der Waals surface area (Å²) in [5, 5.41) is 10.9. The van der Waals surface area contributed by atoms with Crippen molar-refractivity contribution in [3.8, 4) is 0 Å². The molecular weight excluding hydrogens is 834 g/mol. The van der Waals surface area contributed by atoms with E-state index in [2.05, 4.69) is 30.7 Å². The zero-order chi connectivity index (χ0) is 43.4. The average Bonchev–Trinajstić information content (AvgIpc) is 3.92. The number of aryl methyl sites for hydroxylation is 1. The number of fused-ring (bicyclic) bond motifs is 2. The number of nitrogens with one attached hydrogen (secondary N) is 2. The number of rotatable bonds is 10. The molecule has 0 saturated heterocycles. The molecule has 0 aliphatic rings. The fraction of sp³-hybridized carbons (Fsp3) is 0.0952. The predicted octanol–water partition coefficient (Wildman–Crippen LogP) is 6.24. The van der Waals surface area contributed by atoms with Crippen molar-refractivity contribution in [2.24, 2.45) is 7.05 Å². The molecule has 2 N–H and O–H groups in total. The quantitative estimate of drug-likeness (QED) is 0.159. The zero-order valence-corrected chi connectivity index (χ0v) is 33.5. The summed E-state index contributed by atoms with van der Waals surface area (Å²) in [4.78, 5) is 36.1. The number of aromatic nitrogens is 6. The van der Waals surface area contributed by atoms with Gasteiger partial charge in [0.25, 0.3) is 11.8 Å². The number of halogens is 3. The van der Waals surface area contributed by atoms with Gasteiger partial charge in [0, 0.05) is 68.3 Å². The van der Waals surface area contributed by atoms with Crippen LogP contribution in [-0.2, 0) is 46.0 Å². The normalized spacial score (nSPS) is 11.8. The number of carbonyl (C=O) groups is 2. The SMILES string of the molecule is Cn1ncc(S(=O)(=O)c2ccc(CNC(=O)c3cnc4nccn4c3)cc2)c1C(F)(F)F.O=C(NCc1ccc(S(=O)(=O)c2ccccc2)cc1)c1ccc2cnccc2c1. The lowest BCUT2D eigenvalue weighted by Crippen LogP contribution is -2.23. The fourth-order valence-electron chi connectivity index (χ4n) is 6.10. The number of hydrogen-bond acceptors (Lipinski definition) is 10. The Balaban J connectivity index is 0.000000185. The maximum absolute atomic E-state index is 13.3. The second-order valence-corrected chi connectivity index (χ2v) is 17.2. The number of pyridine rings is 1. The van der Waals surface area contributed by atoms with Crippen LogP contribution in [0.5, 0.6) is 0 Å². The van der Waals surface area contributed by atoms with Crippen LogP contribution in [-0.4, -0.2) is 57.8 Å². The maximum atomic E-state index is 13.3. The van der Waals surface area contributed by atoms with Crippen LogP contribution in [0.15, 0.2) is 166 Å². The first-order chi connectivity index (χ1) is 29.1. The first kappa shape index (κ1) is 41.9. The Kier molecular flexibility index (Phi) is 11.8. The summed E-state index contributed by atoms with van der Waals surface area (Å²) in [5.74, 6) is -0.152. The molecule has 2 amide bonds. The number of amides is 2. The van der Waals surface area contributed by atoms with Gasteiger partial charge in [-0.15, -0.1) is 0 Å². The lowest BCUT2D eigenvalue weighted by atomic mass is 10.1. The lowest BCUT2D eigenvalue weighted by molar-refractivity contribution is -0.146. The second kappa shape index (κ2) is 17.2. The first-order valence-electron chi connectivity index (χ1n) is 18.1. The molecule has 19 heteroatoms. The van der Waals surface area contributed by atoms with E-state index >= 15 is 0 Å². The highest BCUT2D eigenvalue weighted by Gasteiger charge is 2.41. The highest BCUT2D eigenvalue weighted by molar-refractivity contribution is 7.91. The van der Waals surface area contributed by atoms with E-state index in [1.165, 1.54) is 30.5 Å². The van der Waals surface area contributed by atoms with E-state index < -0.39 is 42.3 Å². The molecule has 310 valence electrons. The average molecular weight is 867 g/mol. The molecule has 0 aliphatic heterocycles. The fourth-order valence-corrected chi connectivity index (χ4v) is 8.82. The smallest absolute Gasteiger partial charge is 0.348 e. The third-order valence-electron chi connectivity index (χ3n) is 9.30. The second-order valence-electron chi connectivity index (χ2n) is 13.4. The lowest BCUT2D eigenvalue weighted by Gasteiger charge is -2.11. The molecule has 14 nitrogen and oxygen atoms in total. The van der Waals surface area contributed by atoms with Gasteiger partial charge in [-0.2, -0.15) is 18.3 Å². The molecule has 4 heterocycles. The maximum Gasteiger partial charge on any atom is 0.434 e. The number of sulfone groups is 2. The standard InChI is InChI=1S/C23H18N2O3S.C19H15F3N6O3S/c26-23(19-8-9-20-16-24-13-12-18(20)14-19)25-15-17-6-10-22(11-7-17)29(27,28)21-4-2-1-3-5-21;1-27-16(19(20,21)22)15(10-26-27)32(30,31)14-4-2-12(3-5-14)8-24-17(29)13-9-25-18-23-6-7-28(18)11-13/h1-14,16H,15H2,(H,25,26);2-7,9-11H,8H2,1H3,(H,24,29). The van der Waals surface area contributed by atoms with Crippen LogP contribution in [0, 0.1) is 0 Å². The molecule has 8 aromatic rings. The first-order valence-corrected chi connectivity index (χ1v) is 21.1. The number of carbonyl (C=O) groups excluding carboxylic acids is 2. The molecule has 0 aliphatic carbocycles. The highest BCUT2D eigenvalue weighted by atomic mass is 32.2. The summed E-state index contributed by atoms with van der Waals surface area (Å²) in [6.07, 6.45) is 5.36. The highest BCUT2D eigenvalue weighted by Crippen LogP contribution is 2.36. The molecule has 0 saturated carbocycles. The van der Waals surface area contributed by atoms with Gasteiger partial charge in [-0.3, -0.25) is 23.7 Å². The van der Waals surface area contributed by atoms with E-state index in [4.69, 9.17) is 0 Å². The van der Waals surface area contributed by atoms with Gasteiger partial charge in [-0.1, -0.05) is 48.5 Å². The summed E-state index contributed by atoms with van der Waals surface area (Å²) >= 11 is 0. The molecule has 0 bridgehead atoms. The van der Waals surface area contributed by atoms with Crippen LogP contribution >= 0.6 is 0 Å². The van der Waals surface area contributed by atoms with E-state index in [-0.39, 0.29) is 27.1 Å². The van der Waals surface area contributed by atoms with Crippen molar-refractivity contribution in [2.45, 2.75) is 38.8 Å². The van der Waals surface area contributed by atoms with Crippen molar-refractivity contribution in [3.63, 3.8) is 0 Å². The van der Waals surface area contributed by atoms with E-state index in [1.807, 2.05) is 18.2 Å². The van der Waals surface area contributed by atoms with Gasteiger partial charge in [0.05, 0.1) is 26.4 Å². The van der Waals surface area contributed by atoms with Gasteiger partial charge in [-0.05, 0) is 71.1 Å². The molecule has 0 radical (unpaired) electrons. The molecule has 61 heavy (non-hydrogen) atoms. The minimum atomic E-state index is -4.88. The Hall–Kier alpha value is -7.25. The Morgan fingerprint density at radius 2 is 1.26 bits per heavy atom. The van der Waals surface area contributed by atoms with Crippen LogP contribution in [0.2, 0.25) is 0 Å². The Morgan fingerprint density at radius 3 is 1.90 bits per heavy atom. The van der Waals surface area contributed by atoms with Crippen molar-refractivity contribution in [1.29, 1.82) is 0 Å². The molecule has 0 fully saturated rings. The van der Waals surface area contributed by atoms with E-state index in [9.17, 15) is 39.6 Å². The van der Waals surface area contributed by atoms with Crippen LogP contribution in [0.25, 0.3) is 16.6 Å². The molecule has 4 aromatic heterocycles. The van der Waals surface area contributed by atoms with Gasteiger partial charge >= 0.3 is 6.18 Å². The summed E-state index contributed by atoms with van der Waals surface area (Å²) < 4.78 is 92.6. The van der Waals surface area contributed by atoms with Gasteiger partial charge in [0.15, 0.2) is 5.69 Å². The third-order valence-corrected chi connectivity index (χ3v) is 12.9. The molecule has 0 unspecified atom stereocenters. The Bertz CT molecular complexity index is 3100. The van der Waals surface area contributed by atoms with Crippen LogP contribution in [0.4, 0.5) is 13.2 Å². The van der Waals surface area contributed by atoms with Crippen molar-refractivity contribution < 1.29 is 39.6 Å². The molecule has 4 aromatic carbocycles. The number of imidazole rings is 1. The molecule has 0 spiro atoms. The molecule has 8 rings (SSSR count). The van der Waals surface area contributed by atoms with Gasteiger partial charge in [0.2, 0.25) is 25.5 Å². The van der Waals surface area contributed by atoms with E-state index in [1.54, 1.807) is 96.0 Å². The van der Waals surface area contributed by atoms with Crippen LogP contribution in [0.3, 0.4) is 0 Å². The zero-order valence-electron chi connectivity index (χ0n) is 31.9.